The molecule has 2 aromatic rings. The largest absolute Gasteiger partial charge is 0.382 e. The molecule has 0 bridgehead atoms. The summed E-state index contributed by atoms with van der Waals surface area (Å²) < 4.78 is 16.3. The topological polar surface area (TPSA) is 53.4 Å². The second-order valence-electron chi connectivity index (χ2n) is 7.12. The van der Waals surface area contributed by atoms with E-state index in [-0.39, 0.29) is 23.6 Å². The van der Waals surface area contributed by atoms with Gasteiger partial charge >= 0.3 is 5.69 Å². The Morgan fingerprint density at radius 1 is 1.40 bits per heavy atom. The van der Waals surface area contributed by atoms with Crippen molar-refractivity contribution in [3.8, 4) is 0 Å². The van der Waals surface area contributed by atoms with Gasteiger partial charge in [0.1, 0.15) is 11.6 Å². The monoisotopic (exact) mass is 457 g/mol. The fourth-order valence-corrected chi connectivity index (χ4v) is 4.69. The van der Waals surface area contributed by atoms with E-state index in [1.54, 1.807) is 13.0 Å². The number of likely N-dealkylation sites (N-methyl/N-ethyl adjacent to an activating group) is 1. The normalized spacial score (nSPS) is 23.8. The van der Waals surface area contributed by atoms with Gasteiger partial charge in [-0.1, -0.05) is 0 Å². The predicted molar refractivity (Wildman–Crippen MR) is 106 cm³/mol. The fraction of sp³-hybridized carbons (Fsp3) is 0.529. The number of rotatable bonds is 0. The van der Waals surface area contributed by atoms with Crippen LogP contribution in [0.1, 0.15) is 18.9 Å². The molecular weight excluding hydrogens is 436 g/mol. The molecule has 0 aliphatic carbocycles. The number of anilines is 2. The molecule has 1 saturated heterocycles. The van der Waals surface area contributed by atoms with E-state index in [2.05, 4.69) is 34.1 Å². The molecule has 4 rings (SSSR count). The molecule has 0 saturated carbocycles. The number of piperazine rings is 1. The van der Waals surface area contributed by atoms with E-state index in [0.717, 1.165) is 19.5 Å². The van der Waals surface area contributed by atoms with Gasteiger partial charge in [-0.05, 0) is 38.9 Å². The minimum atomic E-state index is -0.314. The Bertz CT molecular complexity index is 914. The maximum Gasteiger partial charge on any atom is 0.359 e. The summed E-state index contributed by atoms with van der Waals surface area (Å²) in [5.74, 6) is 0.352. The van der Waals surface area contributed by atoms with Gasteiger partial charge in [0.2, 0.25) is 0 Å². The van der Waals surface area contributed by atoms with Crippen LogP contribution in [0.15, 0.2) is 10.9 Å². The number of hydrogen-bond acceptors (Lipinski definition) is 5. The molecule has 1 fully saturated rings. The van der Waals surface area contributed by atoms with E-state index in [4.69, 9.17) is 0 Å². The van der Waals surface area contributed by atoms with Gasteiger partial charge in [-0.3, -0.25) is 0 Å². The second kappa shape index (κ2) is 6.08. The Morgan fingerprint density at radius 3 is 2.92 bits per heavy atom. The molecule has 134 valence electrons. The van der Waals surface area contributed by atoms with Crippen molar-refractivity contribution in [3.63, 3.8) is 0 Å². The SMILES string of the molecule is Cc1cc2c3c(nc(=O)n2I)N2C(C)CN(C)CC2CCNc3c1F. The Hall–Kier alpha value is -1.42. The van der Waals surface area contributed by atoms with Crippen LogP contribution in [-0.2, 0) is 0 Å². The van der Waals surface area contributed by atoms with Gasteiger partial charge in [0.05, 0.1) is 39.5 Å². The molecule has 8 heteroatoms. The standard InChI is InChI=1S/C17H21FIN5O/c1-9-6-12-13-15(14(9)18)20-5-4-11-8-22(3)7-10(2)23(11)16(13)21-17(25)24(12)19/h6,10-11,20H,4-5,7-8H2,1-3H3. The van der Waals surface area contributed by atoms with Gasteiger partial charge in [0, 0.05) is 31.7 Å². The lowest BCUT2D eigenvalue weighted by Gasteiger charge is -2.46. The molecule has 1 N–H and O–H groups in total. The highest BCUT2D eigenvalue weighted by Crippen LogP contribution is 2.39. The van der Waals surface area contributed by atoms with E-state index >= 15 is 0 Å². The Kier molecular flexibility index (Phi) is 4.14. The number of fused-ring (bicyclic) bond motifs is 2. The molecule has 0 spiro atoms. The van der Waals surface area contributed by atoms with Crippen molar-refractivity contribution in [1.29, 1.82) is 0 Å². The summed E-state index contributed by atoms with van der Waals surface area (Å²) >= 11 is 1.95. The molecule has 3 heterocycles. The zero-order valence-corrected chi connectivity index (χ0v) is 16.7. The number of aromatic nitrogens is 2. The first-order valence-corrected chi connectivity index (χ1v) is 9.47. The summed E-state index contributed by atoms with van der Waals surface area (Å²) in [7, 11) is 2.11. The average molecular weight is 457 g/mol. The van der Waals surface area contributed by atoms with Crippen molar-refractivity contribution in [3.05, 3.63) is 27.9 Å². The second-order valence-corrected chi connectivity index (χ2v) is 8.09. The Labute approximate surface area is 159 Å². The molecule has 25 heavy (non-hydrogen) atoms. The maximum absolute atomic E-state index is 14.9. The van der Waals surface area contributed by atoms with Crippen molar-refractivity contribution < 1.29 is 4.39 Å². The number of nitrogens with one attached hydrogen (secondary N) is 1. The number of hydrogen-bond donors (Lipinski definition) is 1. The lowest BCUT2D eigenvalue weighted by molar-refractivity contribution is 0.227. The van der Waals surface area contributed by atoms with Crippen molar-refractivity contribution in [1.82, 2.24) is 12.7 Å². The van der Waals surface area contributed by atoms with Crippen LogP contribution in [0.5, 0.6) is 0 Å². The molecule has 2 unspecified atom stereocenters. The van der Waals surface area contributed by atoms with Gasteiger partial charge < -0.3 is 15.1 Å². The van der Waals surface area contributed by atoms with Gasteiger partial charge in [-0.2, -0.15) is 4.98 Å². The Balaban J connectivity index is 2.08. The molecule has 1 aromatic carbocycles. The summed E-state index contributed by atoms with van der Waals surface area (Å²) in [5, 5.41) is 3.98. The summed E-state index contributed by atoms with van der Waals surface area (Å²) in [5.41, 5.74) is 1.39. The van der Waals surface area contributed by atoms with Crippen molar-refractivity contribution in [2.24, 2.45) is 0 Å². The minimum absolute atomic E-state index is 0.208. The molecule has 1 aromatic heterocycles. The third-order valence-electron chi connectivity index (χ3n) is 5.22. The van der Waals surface area contributed by atoms with Crippen molar-refractivity contribution >= 4 is 45.3 Å². The van der Waals surface area contributed by atoms with Crippen LogP contribution in [0.25, 0.3) is 10.9 Å². The van der Waals surface area contributed by atoms with Crippen molar-refractivity contribution in [2.75, 3.05) is 36.9 Å². The first-order valence-electron chi connectivity index (χ1n) is 8.51. The van der Waals surface area contributed by atoms with Crippen LogP contribution >= 0.6 is 22.9 Å². The number of aryl methyl sites for hydroxylation is 1. The highest BCUT2D eigenvalue weighted by molar-refractivity contribution is 14.1. The van der Waals surface area contributed by atoms with Crippen LogP contribution in [0.4, 0.5) is 15.9 Å². The molecule has 2 aliphatic heterocycles. The summed E-state index contributed by atoms with van der Waals surface area (Å²) in [6.07, 6.45) is 0.873. The zero-order chi connectivity index (χ0) is 17.9. The maximum atomic E-state index is 14.9. The molecule has 2 atom stereocenters. The quantitative estimate of drug-likeness (QED) is 0.616. The van der Waals surface area contributed by atoms with Gasteiger partial charge in [-0.15, -0.1) is 0 Å². The highest BCUT2D eigenvalue weighted by Gasteiger charge is 2.35. The predicted octanol–water partition coefficient (Wildman–Crippen LogP) is 2.37. The van der Waals surface area contributed by atoms with Crippen LogP contribution in [0.2, 0.25) is 0 Å². The van der Waals surface area contributed by atoms with Crippen LogP contribution in [0, 0.1) is 12.7 Å². The highest BCUT2D eigenvalue weighted by atomic mass is 127. The van der Waals surface area contributed by atoms with Crippen LogP contribution in [-0.4, -0.2) is 51.4 Å². The summed E-state index contributed by atoms with van der Waals surface area (Å²) in [6.45, 7) is 6.37. The first-order chi connectivity index (χ1) is 11.9. The van der Waals surface area contributed by atoms with Crippen LogP contribution in [0.3, 0.4) is 0 Å². The zero-order valence-electron chi connectivity index (χ0n) is 14.5. The Morgan fingerprint density at radius 2 is 2.16 bits per heavy atom. The van der Waals surface area contributed by atoms with E-state index in [0.29, 0.717) is 34.5 Å². The number of halogens is 2. The number of benzene rings is 1. The third-order valence-corrected chi connectivity index (χ3v) is 6.15. The molecular formula is C17H21FIN5O. The van der Waals surface area contributed by atoms with Crippen LogP contribution < -0.4 is 15.9 Å². The van der Waals surface area contributed by atoms with Gasteiger partial charge in [-0.25, -0.2) is 12.0 Å². The summed E-state index contributed by atoms with van der Waals surface area (Å²) in [4.78, 5) is 21.4. The average Bonchev–Trinajstić information content (AvgIpc) is 2.53. The van der Waals surface area contributed by atoms with E-state index in [9.17, 15) is 9.18 Å². The summed E-state index contributed by atoms with van der Waals surface area (Å²) in [6, 6.07) is 2.20. The molecule has 6 nitrogen and oxygen atoms in total. The van der Waals surface area contributed by atoms with Gasteiger partial charge in [0.15, 0.2) is 0 Å². The molecule has 0 radical (unpaired) electrons. The lowest BCUT2D eigenvalue weighted by atomic mass is 10.00. The van der Waals surface area contributed by atoms with Crippen molar-refractivity contribution in [2.45, 2.75) is 32.4 Å². The van der Waals surface area contributed by atoms with E-state index < -0.39 is 0 Å². The smallest absolute Gasteiger partial charge is 0.359 e. The minimum Gasteiger partial charge on any atom is -0.382 e. The lowest BCUT2D eigenvalue weighted by Crippen LogP contribution is -2.58. The first kappa shape index (κ1) is 17.0. The van der Waals surface area contributed by atoms with E-state index in [1.807, 2.05) is 22.9 Å². The molecule has 2 aliphatic rings. The third kappa shape index (κ3) is 2.61. The molecule has 0 amide bonds. The fourth-order valence-electron chi connectivity index (χ4n) is 4.20. The number of nitrogens with zero attached hydrogens (tertiary/aromatic N) is 4. The van der Waals surface area contributed by atoms with E-state index in [1.165, 1.54) is 2.78 Å². The van der Waals surface area contributed by atoms with Gasteiger partial charge in [0.25, 0.3) is 0 Å².